The second kappa shape index (κ2) is 6.45. The largest absolute Gasteiger partial charge is 0.507 e. The van der Waals surface area contributed by atoms with Crippen LogP contribution in [0.25, 0.3) is 16.8 Å². The molecule has 0 spiro atoms. The second-order valence-electron chi connectivity index (χ2n) is 5.42. The maximum Gasteiger partial charge on any atom is 0.311 e. The Morgan fingerprint density at radius 3 is 2.32 bits per heavy atom. The van der Waals surface area contributed by atoms with Crippen LogP contribution in [0.15, 0.2) is 60.7 Å². The molecule has 0 aliphatic carbocycles. The molecule has 0 amide bonds. The Balaban J connectivity index is 1.92. The fourth-order valence-corrected chi connectivity index (χ4v) is 2.48. The summed E-state index contributed by atoms with van der Waals surface area (Å²) in [4.78, 5) is 22.5. The normalized spacial score (nSPS) is 11.0. The lowest BCUT2D eigenvalue weighted by Crippen LogP contribution is -1.95. The van der Waals surface area contributed by atoms with E-state index in [0.29, 0.717) is 5.56 Å². The van der Waals surface area contributed by atoms with Crippen LogP contribution in [0, 0.1) is 10.1 Å². The smallest absolute Gasteiger partial charge is 0.311 e. The van der Waals surface area contributed by atoms with Gasteiger partial charge in [-0.1, -0.05) is 36.4 Å². The highest BCUT2D eigenvalue weighted by Crippen LogP contribution is 2.28. The monoisotopic (exact) mass is 335 g/mol. The van der Waals surface area contributed by atoms with Crippen molar-refractivity contribution in [2.75, 3.05) is 0 Å². The first kappa shape index (κ1) is 16.2. The number of benzene rings is 3. The number of fused-ring (bicyclic) bond motifs is 1. The molecule has 3 aromatic carbocycles. The van der Waals surface area contributed by atoms with E-state index in [1.807, 2.05) is 24.3 Å². The molecule has 0 atom stereocenters. The number of phenolic OH excluding ortho intramolecular Hbond substituents is 2. The van der Waals surface area contributed by atoms with Crippen molar-refractivity contribution in [2.45, 2.75) is 0 Å². The third-order valence-electron chi connectivity index (χ3n) is 3.75. The van der Waals surface area contributed by atoms with Gasteiger partial charge < -0.3 is 10.2 Å². The number of hydrogen-bond acceptors (Lipinski definition) is 5. The van der Waals surface area contributed by atoms with Crippen LogP contribution < -0.4 is 0 Å². The Hall–Kier alpha value is -3.67. The Morgan fingerprint density at radius 2 is 1.64 bits per heavy atom. The van der Waals surface area contributed by atoms with E-state index in [1.165, 1.54) is 36.4 Å². The van der Waals surface area contributed by atoms with Crippen molar-refractivity contribution in [2.24, 2.45) is 0 Å². The lowest BCUT2D eigenvalue weighted by atomic mass is 10.0. The molecule has 3 aromatic rings. The molecule has 3 rings (SSSR count). The summed E-state index contributed by atoms with van der Waals surface area (Å²) < 4.78 is 0. The number of ketones is 1. The Kier molecular flexibility index (Phi) is 4.18. The fraction of sp³-hybridized carbons (Fsp3) is 0. The lowest BCUT2D eigenvalue weighted by Gasteiger charge is -2.04. The minimum absolute atomic E-state index is 0.134. The van der Waals surface area contributed by atoms with E-state index >= 15 is 0 Å². The van der Waals surface area contributed by atoms with E-state index in [1.54, 1.807) is 6.07 Å². The standard InChI is InChI=1S/C19H13NO5/c21-17(7-5-12-6-8-18(22)16(9-12)20(24)25)15-10-13-3-1-2-4-14(13)11-19(15)23/h1-11,22-23H/b7-5+. The number of rotatable bonds is 4. The predicted molar refractivity (Wildman–Crippen MR) is 93.7 cm³/mol. The van der Waals surface area contributed by atoms with Crippen LogP contribution in [0.2, 0.25) is 0 Å². The number of carbonyl (C=O) groups is 1. The molecular formula is C19H13NO5. The molecule has 0 fully saturated rings. The quantitative estimate of drug-likeness (QED) is 0.324. The number of aromatic hydroxyl groups is 2. The molecule has 124 valence electrons. The molecule has 0 saturated heterocycles. The van der Waals surface area contributed by atoms with Crippen LogP contribution in [-0.4, -0.2) is 20.9 Å². The number of nitrogens with zero attached hydrogens (tertiary/aromatic N) is 1. The van der Waals surface area contributed by atoms with Gasteiger partial charge >= 0.3 is 5.69 Å². The molecule has 0 aliphatic heterocycles. The van der Waals surface area contributed by atoms with Gasteiger partial charge in [-0.25, -0.2) is 0 Å². The molecule has 0 aromatic heterocycles. The minimum Gasteiger partial charge on any atom is -0.507 e. The zero-order chi connectivity index (χ0) is 18.0. The zero-order valence-corrected chi connectivity index (χ0v) is 12.9. The molecule has 0 radical (unpaired) electrons. The average Bonchev–Trinajstić information content (AvgIpc) is 2.59. The molecule has 6 nitrogen and oxygen atoms in total. The minimum atomic E-state index is -0.705. The maximum absolute atomic E-state index is 12.3. The van der Waals surface area contributed by atoms with Crippen molar-refractivity contribution < 1.29 is 19.9 Å². The van der Waals surface area contributed by atoms with Gasteiger partial charge in [-0.15, -0.1) is 0 Å². The molecule has 0 saturated carbocycles. The van der Waals surface area contributed by atoms with E-state index in [-0.39, 0.29) is 11.3 Å². The summed E-state index contributed by atoms with van der Waals surface area (Å²) in [5.74, 6) is -1.01. The van der Waals surface area contributed by atoms with Gasteiger partial charge in [0.2, 0.25) is 0 Å². The third-order valence-corrected chi connectivity index (χ3v) is 3.75. The number of allylic oxidation sites excluding steroid dienone is 1. The van der Waals surface area contributed by atoms with Gasteiger partial charge in [0.05, 0.1) is 10.5 Å². The van der Waals surface area contributed by atoms with Crippen LogP contribution in [-0.2, 0) is 0 Å². The van der Waals surface area contributed by atoms with Gasteiger partial charge in [-0.2, -0.15) is 0 Å². The van der Waals surface area contributed by atoms with Crippen LogP contribution in [0.4, 0.5) is 5.69 Å². The van der Waals surface area contributed by atoms with E-state index in [4.69, 9.17) is 0 Å². The van der Waals surface area contributed by atoms with Crippen LogP contribution in [0.1, 0.15) is 15.9 Å². The van der Waals surface area contributed by atoms with Gasteiger partial charge in [-0.05, 0) is 40.6 Å². The molecule has 0 heterocycles. The Labute approximate surface area is 142 Å². The summed E-state index contributed by atoms with van der Waals surface area (Å²) in [6.45, 7) is 0. The highest BCUT2D eigenvalue weighted by Gasteiger charge is 2.13. The number of nitro benzene ring substituents is 1. The van der Waals surface area contributed by atoms with Gasteiger partial charge in [0.1, 0.15) is 5.75 Å². The molecule has 25 heavy (non-hydrogen) atoms. The number of hydrogen-bond donors (Lipinski definition) is 2. The number of nitro groups is 1. The molecule has 2 N–H and O–H groups in total. The summed E-state index contributed by atoms with van der Waals surface area (Å²) in [5, 5.41) is 31.9. The van der Waals surface area contributed by atoms with Crippen molar-refractivity contribution in [3.63, 3.8) is 0 Å². The predicted octanol–water partition coefficient (Wildman–Crippen LogP) is 4.06. The SMILES string of the molecule is O=C(/C=C/c1ccc(O)c([N+](=O)[O-])c1)c1cc2ccccc2cc1O. The van der Waals surface area contributed by atoms with E-state index in [2.05, 4.69) is 0 Å². The molecule has 6 heteroatoms. The summed E-state index contributed by atoms with van der Waals surface area (Å²) in [7, 11) is 0. The Morgan fingerprint density at radius 1 is 0.960 bits per heavy atom. The molecule has 0 bridgehead atoms. The summed E-state index contributed by atoms with van der Waals surface area (Å²) >= 11 is 0. The lowest BCUT2D eigenvalue weighted by molar-refractivity contribution is -0.385. The van der Waals surface area contributed by atoms with Crippen LogP contribution >= 0.6 is 0 Å². The first-order chi connectivity index (χ1) is 12.0. The highest BCUT2D eigenvalue weighted by atomic mass is 16.6. The van der Waals surface area contributed by atoms with Gasteiger partial charge in [0, 0.05) is 6.07 Å². The third kappa shape index (κ3) is 3.32. The van der Waals surface area contributed by atoms with Crippen molar-refractivity contribution in [3.05, 3.63) is 81.9 Å². The summed E-state index contributed by atoms with van der Waals surface area (Å²) in [6.07, 6.45) is 2.61. The zero-order valence-electron chi connectivity index (χ0n) is 12.9. The van der Waals surface area contributed by atoms with Gasteiger partial charge in [0.15, 0.2) is 11.5 Å². The topological polar surface area (TPSA) is 101 Å². The second-order valence-corrected chi connectivity index (χ2v) is 5.42. The molecule has 0 aliphatic rings. The Bertz CT molecular complexity index is 1020. The van der Waals surface area contributed by atoms with Crippen molar-refractivity contribution in [1.82, 2.24) is 0 Å². The van der Waals surface area contributed by atoms with Crippen LogP contribution in [0.5, 0.6) is 11.5 Å². The van der Waals surface area contributed by atoms with Crippen molar-refractivity contribution >= 4 is 28.3 Å². The van der Waals surface area contributed by atoms with Crippen molar-refractivity contribution in [1.29, 1.82) is 0 Å². The van der Waals surface area contributed by atoms with Gasteiger partial charge in [0.25, 0.3) is 0 Å². The first-order valence-corrected chi connectivity index (χ1v) is 7.37. The van der Waals surface area contributed by atoms with Gasteiger partial charge in [-0.3, -0.25) is 14.9 Å². The van der Waals surface area contributed by atoms with Crippen LogP contribution in [0.3, 0.4) is 0 Å². The highest BCUT2D eigenvalue weighted by molar-refractivity contribution is 6.10. The fourth-order valence-electron chi connectivity index (χ4n) is 2.48. The molecule has 0 unspecified atom stereocenters. The average molecular weight is 335 g/mol. The number of carbonyl (C=O) groups excluding carboxylic acids is 1. The van der Waals surface area contributed by atoms with E-state index in [9.17, 15) is 25.1 Å². The maximum atomic E-state index is 12.3. The van der Waals surface area contributed by atoms with Crippen molar-refractivity contribution in [3.8, 4) is 11.5 Å². The number of phenols is 2. The summed E-state index contributed by atoms with van der Waals surface area (Å²) in [5.41, 5.74) is 0.0875. The van der Waals surface area contributed by atoms with E-state index in [0.717, 1.165) is 10.8 Å². The first-order valence-electron chi connectivity index (χ1n) is 7.37. The van der Waals surface area contributed by atoms with E-state index < -0.39 is 22.1 Å². The summed E-state index contributed by atoms with van der Waals surface area (Å²) in [6, 6.07) is 14.2. The molecular weight excluding hydrogens is 322 g/mol.